The first kappa shape index (κ1) is 26.1. The molecule has 6 rings (SSSR count). The number of ether oxygens (including phenoxy) is 2. The predicted molar refractivity (Wildman–Crippen MR) is 154 cm³/mol. The van der Waals surface area contributed by atoms with Gasteiger partial charge in [0.1, 0.15) is 0 Å². The van der Waals surface area contributed by atoms with Gasteiger partial charge in [-0.3, -0.25) is 9.97 Å². The maximum absolute atomic E-state index is 14.3. The zero-order valence-corrected chi connectivity index (χ0v) is 23.1. The monoisotopic (exact) mass is 533 g/mol. The molecule has 2 fully saturated rings. The largest absolute Gasteiger partial charge is 0.493 e. The maximum Gasteiger partial charge on any atom is 0.164 e. The number of aryl methyl sites for hydroxylation is 1. The minimum atomic E-state index is -0.251. The number of anilines is 2. The third-order valence-corrected chi connectivity index (χ3v) is 8.56. The smallest absolute Gasteiger partial charge is 0.164 e. The number of piperidine rings is 1. The van der Waals surface area contributed by atoms with Gasteiger partial charge in [-0.05, 0) is 88.6 Å². The summed E-state index contributed by atoms with van der Waals surface area (Å²) in [4.78, 5) is 13.7. The van der Waals surface area contributed by atoms with Crippen molar-refractivity contribution in [1.82, 2.24) is 14.9 Å². The lowest BCUT2D eigenvalue weighted by Gasteiger charge is -2.35. The minimum absolute atomic E-state index is 0.251. The quantitative estimate of drug-likeness (QED) is 0.359. The summed E-state index contributed by atoms with van der Waals surface area (Å²) in [5.74, 6) is 1.28. The zero-order valence-electron chi connectivity index (χ0n) is 23.1. The van der Waals surface area contributed by atoms with Crippen molar-refractivity contribution < 1.29 is 13.9 Å². The first-order valence-corrected chi connectivity index (χ1v) is 14.7. The number of halogens is 1. The Bertz CT molecular complexity index is 1290. The van der Waals surface area contributed by atoms with Crippen molar-refractivity contribution in [2.24, 2.45) is 0 Å². The average molecular weight is 534 g/mol. The van der Waals surface area contributed by atoms with Gasteiger partial charge in [-0.2, -0.15) is 0 Å². The SMILES string of the molecule is COc1cc2c(NC3CCN(c4ccncc4F)CC3)c3c(nc2cc1OCCCN1CCCC1)CCCC3. The Labute approximate surface area is 230 Å². The van der Waals surface area contributed by atoms with Crippen molar-refractivity contribution in [3.63, 3.8) is 0 Å². The Balaban J connectivity index is 1.21. The van der Waals surface area contributed by atoms with E-state index in [1.54, 1.807) is 19.4 Å². The predicted octanol–water partition coefficient (Wildman–Crippen LogP) is 5.60. The highest BCUT2D eigenvalue weighted by atomic mass is 19.1. The lowest BCUT2D eigenvalue weighted by molar-refractivity contribution is 0.254. The van der Waals surface area contributed by atoms with Crippen molar-refractivity contribution in [2.75, 3.05) is 56.7 Å². The second kappa shape index (κ2) is 11.9. The Morgan fingerprint density at radius 3 is 2.64 bits per heavy atom. The molecular weight excluding hydrogens is 493 g/mol. The van der Waals surface area contributed by atoms with E-state index < -0.39 is 0 Å². The summed E-state index contributed by atoms with van der Waals surface area (Å²) in [6.07, 6.45) is 12.9. The Kier molecular flexibility index (Phi) is 8.00. The highest BCUT2D eigenvalue weighted by Gasteiger charge is 2.25. The molecular formula is C31H40FN5O2. The molecule has 208 valence electrons. The molecule has 0 atom stereocenters. The molecule has 0 bridgehead atoms. The standard InChI is InChI=1S/C31H40FN5O2/c1-38-29-19-24-27(20-30(29)39-18-6-15-36-13-4-5-14-36)35-26-8-3-2-7-23(26)31(24)34-22-10-16-37(17-11-22)28-9-12-33-21-25(28)32/h9,12,19-22H,2-8,10-11,13-18H2,1H3,(H,34,35). The fraction of sp³-hybridized carbons (Fsp3) is 0.548. The highest BCUT2D eigenvalue weighted by molar-refractivity contribution is 5.96. The van der Waals surface area contributed by atoms with E-state index in [0.29, 0.717) is 18.3 Å². The number of benzene rings is 1. The molecule has 1 N–H and O–H groups in total. The van der Waals surface area contributed by atoms with Gasteiger partial charge >= 0.3 is 0 Å². The second-order valence-electron chi connectivity index (χ2n) is 11.1. The summed E-state index contributed by atoms with van der Waals surface area (Å²) >= 11 is 0. The second-order valence-corrected chi connectivity index (χ2v) is 11.1. The molecule has 0 amide bonds. The number of methoxy groups -OCH3 is 1. The maximum atomic E-state index is 14.3. The van der Waals surface area contributed by atoms with Crippen LogP contribution >= 0.6 is 0 Å². The number of pyridine rings is 2. The number of rotatable bonds is 9. The number of fused-ring (bicyclic) bond motifs is 2. The minimum Gasteiger partial charge on any atom is -0.493 e. The molecule has 0 unspecified atom stereocenters. The topological polar surface area (TPSA) is 62.8 Å². The lowest BCUT2D eigenvalue weighted by atomic mass is 9.91. The fourth-order valence-corrected chi connectivity index (χ4v) is 6.44. The number of aromatic nitrogens is 2. The van der Waals surface area contributed by atoms with Crippen LogP contribution < -0.4 is 19.7 Å². The number of likely N-dealkylation sites (tertiary alicyclic amines) is 1. The van der Waals surface area contributed by atoms with Gasteiger partial charge in [-0.1, -0.05) is 0 Å². The number of nitrogens with zero attached hydrogens (tertiary/aromatic N) is 4. The first-order valence-electron chi connectivity index (χ1n) is 14.7. The molecule has 1 aliphatic carbocycles. The normalized spacial score (nSPS) is 18.4. The molecule has 3 aromatic rings. The van der Waals surface area contributed by atoms with E-state index in [-0.39, 0.29) is 5.82 Å². The van der Waals surface area contributed by atoms with Gasteiger partial charge in [0, 0.05) is 54.7 Å². The highest BCUT2D eigenvalue weighted by Crippen LogP contribution is 2.40. The molecule has 4 heterocycles. The van der Waals surface area contributed by atoms with Crippen LogP contribution in [0.3, 0.4) is 0 Å². The molecule has 2 aromatic heterocycles. The zero-order chi connectivity index (χ0) is 26.6. The molecule has 8 heteroatoms. The van der Waals surface area contributed by atoms with Gasteiger partial charge < -0.3 is 24.6 Å². The number of hydrogen-bond donors (Lipinski definition) is 1. The van der Waals surface area contributed by atoms with E-state index >= 15 is 0 Å². The van der Waals surface area contributed by atoms with Gasteiger partial charge in [0.15, 0.2) is 17.3 Å². The summed E-state index contributed by atoms with van der Waals surface area (Å²) in [7, 11) is 1.71. The average Bonchev–Trinajstić information content (AvgIpc) is 3.49. The molecule has 0 saturated carbocycles. The Hall–Kier alpha value is -3.13. The first-order chi connectivity index (χ1) is 19.2. The molecule has 0 radical (unpaired) electrons. The van der Waals surface area contributed by atoms with Crippen LogP contribution in [0.25, 0.3) is 10.9 Å². The third-order valence-electron chi connectivity index (χ3n) is 8.56. The van der Waals surface area contributed by atoms with E-state index in [1.807, 2.05) is 0 Å². The van der Waals surface area contributed by atoms with Crippen LogP contribution in [0.15, 0.2) is 30.6 Å². The number of nitrogens with one attached hydrogen (secondary N) is 1. The van der Waals surface area contributed by atoms with E-state index in [2.05, 4.69) is 32.2 Å². The lowest BCUT2D eigenvalue weighted by Crippen LogP contribution is -2.39. The van der Waals surface area contributed by atoms with Crippen molar-refractivity contribution in [3.8, 4) is 11.5 Å². The van der Waals surface area contributed by atoms with Crippen molar-refractivity contribution in [2.45, 2.75) is 63.8 Å². The summed E-state index contributed by atoms with van der Waals surface area (Å²) in [5, 5.41) is 5.02. The van der Waals surface area contributed by atoms with Crippen molar-refractivity contribution >= 4 is 22.3 Å². The van der Waals surface area contributed by atoms with Crippen LogP contribution in [0.4, 0.5) is 15.8 Å². The molecule has 0 spiro atoms. The van der Waals surface area contributed by atoms with E-state index in [4.69, 9.17) is 14.5 Å². The van der Waals surface area contributed by atoms with E-state index in [1.165, 1.54) is 61.9 Å². The molecule has 7 nitrogen and oxygen atoms in total. The molecule has 39 heavy (non-hydrogen) atoms. The molecule has 2 saturated heterocycles. The Morgan fingerprint density at radius 1 is 1.03 bits per heavy atom. The van der Waals surface area contributed by atoms with Crippen molar-refractivity contribution in [1.29, 1.82) is 0 Å². The summed E-state index contributed by atoms with van der Waals surface area (Å²) < 4.78 is 26.4. The van der Waals surface area contributed by atoms with Crippen LogP contribution in [0.1, 0.15) is 56.2 Å². The Morgan fingerprint density at radius 2 is 1.85 bits per heavy atom. The van der Waals surface area contributed by atoms with Crippen LogP contribution in [0.5, 0.6) is 11.5 Å². The van der Waals surface area contributed by atoms with Crippen LogP contribution in [0, 0.1) is 5.82 Å². The molecule has 3 aliphatic rings. The molecule has 2 aliphatic heterocycles. The molecule has 1 aromatic carbocycles. The van der Waals surface area contributed by atoms with Crippen LogP contribution in [0.2, 0.25) is 0 Å². The summed E-state index contributed by atoms with van der Waals surface area (Å²) in [6, 6.07) is 6.26. The van der Waals surface area contributed by atoms with E-state index in [9.17, 15) is 4.39 Å². The van der Waals surface area contributed by atoms with Crippen LogP contribution in [-0.4, -0.2) is 67.4 Å². The van der Waals surface area contributed by atoms with Gasteiger partial charge in [0.25, 0.3) is 0 Å². The number of hydrogen-bond acceptors (Lipinski definition) is 7. The van der Waals surface area contributed by atoms with Gasteiger partial charge in [-0.25, -0.2) is 4.39 Å². The third kappa shape index (κ3) is 5.76. The van der Waals surface area contributed by atoms with Crippen LogP contribution in [-0.2, 0) is 12.8 Å². The van der Waals surface area contributed by atoms with Gasteiger partial charge in [0.05, 0.1) is 31.1 Å². The fourth-order valence-electron chi connectivity index (χ4n) is 6.44. The van der Waals surface area contributed by atoms with Gasteiger partial charge in [0.2, 0.25) is 0 Å². The summed E-state index contributed by atoms with van der Waals surface area (Å²) in [5.41, 5.74) is 5.36. The van der Waals surface area contributed by atoms with E-state index in [0.717, 1.165) is 74.1 Å². The summed E-state index contributed by atoms with van der Waals surface area (Å²) in [6.45, 7) is 5.80. The van der Waals surface area contributed by atoms with Gasteiger partial charge in [-0.15, -0.1) is 0 Å². The van der Waals surface area contributed by atoms with Crippen molar-refractivity contribution in [3.05, 3.63) is 47.7 Å².